The van der Waals surface area contributed by atoms with Gasteiger partial charge in [-0.1, -0.05) is 6.92 Å². The van der Waals surface area contributed by atoms with Crippen LogP contribution in [0.5, 0.6) is 0 Å². The van der Waals surface area contributed by atoms with Crippen molar-refractivity contribution in [3.05, 3.63) is 15.9 Å². The van der Waals surface area contributed by atoms with Gasteiger partial charge in [0.05, 0.1) is 22.3 Å². The quantitative estimate of drug-likeness (QED) is 0.898. The zero-order valence-electron chi connectivity index (χ0n) is 8.25. The van der Waals surface area contributed by atoms with Crippen LogP contribution in [0.2, 0.25) is 0 Å². The molecule has 0 saturated carbocycles. The summed E-state index contributed by atoms with van der Waals surface area (Å²) in [5, 5.41) is 12.9. The lowest BCUT2D eigenvalue weighted by atomic mass is 10.2. The minimum atomic E-state index is -0.781. The maximum atomic E-state index is 10.4. The third kappa shape index (κ3) is 2.35. The van der Waals surface area contributed by atoms with E-state index in [9.17, 15) is 4.79 Å². The fraction of sp³-hybridized carbons (Fsp3) is 0.556. The second kappa shape index (κ2) is 4.59. The Morgan fingerprint density at radius 2 is 2.29 bits per heavy atom. The lowest BCUT2D eigenvalue weighted by Crippen LogP contribution is -2.03. The van der Waals surface area contributed by atoms with E-state index in [1.165, 1.54) is 0 Å². The first-order valence-corrected chi connectivity index (χ1v) is 5.27. The Labute approximate surface area is 91.1 Å². The maximum absolute atomic E-state index is 10.4. The van der Waals surface area contributed by atoms with Crippen LogP contribution in [-0.4, -0.2) is 20.9 Å². The van der Waals surface area contributed by atoms with Crippen LogP contribution < -0.4 is 0 Å². The topological polar surface area (TPSA) is 55.1 Å². The highest BCUT2D eigenvalue weighted by Crippen LogP contribution is 2.22. The van der Waals surface area contributed by atoms with E-state index in [0.29, 0.717) is 6.42 Å². The highest BCUT2D eigenvalue weighted by Gasteiger charge is 2.12. The summed E-state index contributed by atoms with van der Waals surface area (Å²) in [6, 6.07) is 0. The van der Waals surface area contributed by atoms with Gasteiger partial charge in [0.2, 0.25) is 0 Å². The molecule has 0 aliphatic heterocycles. The number of hydrogen-bond acceptors (Lipinski definition) is 2. The van der Waals surface area contributed by atoms with Gasteiger partial charge in [-0.15, -0.1) is 0 Å². The van der Waals surface area contributed by atoms with Crippen LogP contribution in [0.4, 0.5) is 0 Å². The van der Waals surface area contributed by atoms with Gasteiger partial charge in [0, 0.05) is 13.5 Å². The molecule has 0 radical (unpaired) electrons. The van der Waals surface area contributed by atoms with Gasteiger partial charge in [-0.25, -0.2) is 0 Å². The van der Waals surface area contributed by atoms with Gasteiger partial charge >= 0.3 is 5.97 Å². The van der Waals surface area contributed by atoms with Gasteiger partial charge in [0.1, 0.15) is 0 Å². The number of hydrogen-bond donors (Lipinski definition) is 1. The van der Waals surface area contributed by atoms with E-state index in [1.807, 2.05) is 14.0 Å². The van der Waals surface area contributed by atoms with Crippen molar-refractivity contribution in [2.75, 3.05) is 0 Å². The zero-order valence-corrected chi connectivity index (χ0v) is 9.84. The minimum absolute atomic E-state index is 0.140. The summed E-state index contributed by atoms with van der Waals surface area (Å²) in [6.45, 7) is 2.02. The summed E-state index contributed by atoms with van der Waals surface area (Å²) >= 11 is 3.44. The largest absolute Gasteiger partial charge is 0.481 e. The maximum Gasteiger partial charge on any atom is 0.303 e. The first-order valence-electron chi connectivity index (χ1n) is 4.48. The van der Waals surface area contributed by atoms with E-state index >= 15 is 0 Å². The number of halogens is 1. The second-order valence-electron chi connectivity index (χ2n) is 3.08. The summed E-state index contributed by atoms with van der Waals surface area (Å²) in [5.41, 5.74) is 1.93. The third-order valence-corrected chi connectivity index (χ3v) is 2.99. The Balaban J connectivity index is 2.85. The zero-order chi connectivity index (χ0) is 10.7. The highest BCUT2D eigenvalue weighted by molar-refractivity contribution is 9.10. The Morgan fingerprint density at radius 3 is 2.71 bits per heavy atom. The van der Waals surface area contributed by atoms with Crippen molar-refractivity contribution in [2.24, 2.45) is 7.05 Å². The molecule has 0 bridgehead atoms. The van der Waals surface area contributed by atoms with Crippen LogP contribution in [0.3, 0.4) is 0 Å². The summed E-state index contributed by atoms with van der Waals surface area (Å²) in [5.74, 6) is -0.781. The molecule has 14 heavy (non-hydrogen) atoms. The number of nitrogens with zero attached hydrogens (tertiary/aromatic N) is 2. The number of carboxylic acids is 1. The standard InChI is InChI=1S/C9H13BrN2O2/c1-3-6-9(10)7(12(2)11-6)4-5-8(13)14/h3-5H2,1-2H3,(H,13,14). The van der Waals surface area contributed by atoms with E-state index in [4.69, 9.17) is 5.11 Å². The number of rotatable bonds is 4. The molecule has 0 aliphatic rings. The number of aromatic nitrogens is 2. The van der Waals surface area contributed by atoms with Crippen molar-refractivity contribution < 1.29 is 9.90 Å². The van der Waals surface area contributed by atoms with Gasteiger partial charge in [-0.3, -0.25) is 9.48 Å². The van der Waals surface area contributed by atoms with Crippen LogP contribution in [0.25, 0.3) is 0 Å². The van der Waals surface area contributed by atoms with Crippen LogP contribution in [-0.2, 0) is 24.7 Å². The number of aliphatic carboxylic acids is 1. The molecule has 0 spiro atoms. The monoisotopic (exact) mass is 260 g/mol. The van der Waals surface area contributed by atoms with Crippen LogP contribution >= 0.6 is 15.9 Å². The average Bonchev–Trinajstić information content (AvgIpc) is 2.39. The molecule has 1 N–H and O–H groups in total. The molecule has 0 aliphatic carbocycles. The minimum Gasteiger partial charge on any atom is -0.481 e. The molecule has 0 atom stereocenters. The second-order valence-corrected chi connectivity index (χ2v) is 3.87. The van der Waals surface area contributed by atoms with E-state index in [2.05, 4.69) is 21.0 Å². The number of aryl methyl sites for hydroxylation is 2. The molecule has 78 valence electrons. The van der Waals surface area contributed by atoms with E-state index in [-0.39, 0.29) is 6.42 Å². The molecular formula is C9H13BrN2O2. The Hall–Kier alpha value is -0.840. The predicted molar refractivity (Wildman–Crippen MR) is 56.2 cm³/mol. The Bertz CT molecular complexity index is 347. The van der Waals surface area contributed by atoms with Gasteiger partial charge in [0.25, 0.3) is 0 Å². The van der Waals surface area contributed by atoms with Crippen molar-refractivity contribution in [2.45, 2.75) is 26.2 Å². The SMILES string of the molecule is CCc1nn(C)c(CCC(=O)O)c1Br. The van der Waals surface area contributed by atoms with Gasteiger partial charge in [0.15, 0.2) is 0 Å². The summed E-state index contributed by atoms with van der Waals surface area (Å²) in [6.07, 6.45) is 1.50. The Kier molecular flexibility index (Phi) is 3.69. The number of carbonyl (C=O) groups is 1. The van der Waals surface area contributed by atoms with Crippen molar-refractivity contribution in [1.29, 1.82) is 0 Å². The smallest absolute Gasteiger partial charge is 0.303 e. The van der Waals surface area contributed by atoms with Crippen molar-refractivity contribution in [3.63, 3.8) is 0 Å². The predicted octanol–water partition coefficient (Wildman–Crippen LogP) is 1.76. The summed E-state index contributed by atoms with van der Waals surface area (Å²) < 4.78 is 2.69. The molecule has 1 aromatic heterocycles. The lowest BCUT2D eigenvalue weighted by molar-refractivity contribution is -0.136. The summed E-state index contributed by atoms with van der Waals surface area (Å²) in [4.78, 5) is 10.4. The lowest BCUT2D eigenvalue weighted by Gasteiger charge is -1.99. The molecule has 1 aromatic rings. The van der Waals surface area contributed by atoms with E-state index in [0.717, 1.165) is 22.3 Å². The van der Waals surface area contributed by atoms with Crippen molar-refractivity contribution >= 4 is 21.9 Å². The van der Waals surface area contributed by atoms with Crippen LogP contribution in [0.1, 0.15) is 24.7 Å². The highest BCUT2D eigenvalue weighted by atomic mass is 79.9. The van der Waals surface area contributed by atoms with Gasteiger partial charge < -0.3 is 5.11 Å². The molecule has 0 unspecified atom stereocenters. The van der Waals surface area contributed by atoms with Crippen LogP contribution in [0, 0.1) is 0 Å². The van der Waals surface area contributed by atoms with Gasteiger partial charge in [-0.2, -0.15) is 5.10 Å². The molecule has 0 saturated heterocycles. The molecule has 0 aromatic carbocycles. The van der Waals surface area contributed by atoms with Gasteiger partial charge in [-0.05, 0) is 22.4 Å². The number of carboxylic acid groups (broad SMARTS) is 1. The molecule has 0 amide bonds. The normalized spacial score (nSPS) is 10.5. The van der Waals surface area contributed by atoms with Crippen molar-refractivity contribution in [3.8, 4) is 0 Å². The molecule has 4 nitrogen and oxygen atoms in total. The molecule has 0 fully saturated rings. The third-order valence-electron chi connectivity index (χ3n) is 2.08. The fourth-order valence-electron chi connectivity index (χ4n) is 1.32. The van der Waals surface area contributed by atoms with Crippen LogP contribution in [0.15, 0.2) is 4.47 Å². The summed E-state index contributed by atoms with van der Waals surface area (Å²) in [7, 11) is 1.83. The first kappa shape index (κ1) is 11.2. The average molecular weight is 261 g/mol. The Morgan fingerprint density at radius 1 is 1.64 bits per heavy atom. The molecule has 1 rings (SSSR count). The molecule has 1 heterocycles. The van der Waals surface area contributed by atoms with E-state index in [1.54, 1.807) is 4.68 Å². The van der Waals surface area contributed by atoms with Crippen molar-refractivity contribution in [1.82, 2.24) is 9.78 Å². The van der Waals surface area contributed by atoms with E-state index < -0.39 is 5.97 Å². The fourth-order valence-corrected chi connectivity index (χ4v) is 2.13. The first-order chi connectivity index (χ1) is 6.56. The molecule has 5 heteroatoms. The molecular weight excluding hydrogens is 248 g/mol.